The first-order valence-electron chi connectivity index (χ1n) is 12.6. The predicted octanol–water partition coefficient (Wildman–Crippen LogP) is 4.46. The average Bonchev–Trinajstić information content (AvgIpc) is 3.08. The molecule has 2 aromatic rings. The molecule has 2 heterocycles. The lowest BCUT2D eigenvalue weighted by Crippen LogP contribution is -2.58. The summed E-state index contributed by atoms with van der Waals surface area (Å²) in [6, 6.07) is 12.9. The number of rotatable bonds is 7. The van der Waals surface area contributed by atoms with Crippen molar-refractivity contribution < 1.29 is 14.4 Å². The number of nitrogens with two attached hydrogens (primary N) is 1. The number of nitrogens with one attached hydrogen (secondary N) is 1. The molecule has 1 saturated heterocycles. The number of carbonyl (C=O) groups excluding carboxylic acids is 3. The van der Waals surface area contributed by atoms with Crippen LogP contribution < -0.4 is 11.1 Å². The number of anilines is 1. The molecule has 0 bridgehead atoms. The molecule has 0 saturated carbocycles. The molecule has 1 unspecified atom stereocenters. The van der Waals surface area contributed by atoms with Crippen molar-refractivity contribution in [3.05, 3.63) is 63.6 Å². The van der Waals surface area contributed by atoms with Gasteiger partial charge in [0.25, 0.3) is 0 Å². The molecule has 198 valence electrons. The van der Waals surface area contributed by atoms with Crippen LogP contribution in [0.1, 0.15) is 44.7 Å². The molecule has 3 amide bonds. The van der Waals surface area contributed by atoms with Crippen LogP contribution >= 0.6 is 23.2 Å². The fourth-order valence-corrected chi connectivity index (χ4v) is 5.83. The zero-order valence-electron chi connectivity index (χ0n) is 21.5. The van der Waals surface area contributed by atoms with Gasteiger partial charge in [-0.15, -0.1) is 0 Å². The molecular weight excluding hydrogens is 511 g/mol. The van der Waals surface area contributed by atoms with Gasteiger partial charge in [0, 0.05) is 53.3 Å². The number of hydrogen-bond donors (Lipinski definition) is 2. The van der Waals surface area contributed by atoms with Crippen LogP contribution in [-0.4, -0.2) is 53.7 Å². The zero-order valence-corrected chi connectivity index (χ0v) is 23.0. The van der Waals surface area contributed by atoms with Crippen molar-refractivity contribution in [3.63, 3.8) is 0 Å². The molecule has 0 aliphatic carbocycles. The van der Waals surface area contributed by atoms with Gasteiger partial charge in [-0.2, -0.15) is 0 Å². The topological polar surface area (TPSA) is 95.7 Å². The monoisotopic (exact) mass is 544 g/mol. The van der Waals surface area contributed by atoms with E-state index in [1.54, 1.807) is 23.1 Å². The van der Waals surface area contributed by atoms with E-state index >= 15 is 0 Å². The Bertz CT molecular complexity index is 1200. The van der Waals surface area contributed by atoms with Gasteiger partial charge in [0.15, 0.2) is 0 Å². The van der Waals surface area contributed by atoms with Crippen LogP contribution in [0.2, 0.25) is 10.0 Å². The fraction of sp³-hybridized carbons (Fsp3) is 0.464. The van der Waals surface area contributed by atoms with Crippen LogP contribution in [0, 0.1) is 11.3 Å². The number of fused-ring (bicyclic) bond motifs is 1. The first-order chi connectivity index (χ1) is 17.4. The van der Waals surface area contributed by atoms with Crippen LogP contribution in [0.4, 0.5) is 5.69 Å². The highest BCUT2D eigenvalue weighted by Crippen LogP contribution is 2.45. The van der Waals surface area contributed by atoms with Gasteiger partial charge in [-0.1, -0.05) is 62.2 Å². The second-order valence-electron chi connectivity index (χ2n) is 11.3. The summed E-state index contributed by atoms with van der Waals surface area (Å²) in [4.78, 5) is 43.0. The highest BCUT2D eigenvalue weighted by Gasteiger charge is 2.52. The summed E-state index contributed by atoms with van der Waals surface area (Å²) < 4.78 is 0. The molecule has 1 fully saturated rings. The van der Waals surface area contributed by atoms with Crippen molar-refractivity contribution in [1.29, 1.82) is 0 Å². The summed E-state index contributed by atoms with van der Waals surface area (Å²) in [6.45, 7) is 7.74. The normalized spacial score (nSPS) is 20.2. The highest BCUT2D eigenvalue weighted by molar-refractivity contribution is 6.31. The zero-order chi connectivity index (χ0) is 27.0. The summed E-state index contributed by atoms with van der Waals surface area (Å²) in [6.07, 6.45) is 1.44. The minimum absolute atomic E-state index is 0.0502. The molecule has 9 heteroatoms. The Morgan fingerprint density at radius 2 is 1.78 bits per heavy atom. The van der Waals surface area contributed by atoms with Crippen molar-refractivity contribution in [2.75, 3.05) is 31.5 Å². The van der Waals surface area contributed by atoms with Gasteiger partial charge >= 0.3 is 0 Å². The summed E-state index contributed by atoms with van der Waals surface area (Å²) in [5.74, 6) is -0.803. The number of amides is 3. The van der Waals surface area contributed by atoms with Gasteiger partial charge in [0.05, 0.1) is 6.54 Å². The Labute approximate surface area is 228 Å². The van der Waals surface area contributed by atoms with E-state index in [-0.39, 0.29) is 35.6 Å². The van der Waals surface area contributed by atoms with E-state index in [0.29, 0.717) is 54.6 Å². The van der Waals surface area contributed by atoms with Crippen LogP contribution in [0.15, 0.2) is 42.5 Å². The third-order valence-corrected chi connectivity index (χ3v) is 7.65. The quantitative estimate of drug-likeness (QED) is 0.537. The van der Waals surface area contributed by atoms with E-state index < -0.39 is 5.54 Å². The molecular formula is C28H34Cl2N4O3. The number of nitrogens with zero attached hydrogens (tertiary/aromatic N) is 2. The Morgan fingerprint density at radius 3 is 2.41 bits per heavy atom. The number of piperidine rings is 1. The SMILES string of the molecule is CC(C)(C)CN(CC(=O)N1CCC(C(N)=O)CC1)C1(Cc2cccc(Cl)c2)C(=O)Nc2cc(Cl)ccc21. The molecule has 3 N–H and O–H groups in total. The number of primary amides is 1. The molecule has 2 aliphatic heterocycles. The van der Waals surface area contributed by atoms with Gasteiger partial charge in [-0.25, -0.2) is 0 Å². The molecule has 0 spiro atoms. The lowest BCUT2D eigenvalue weighted by Gasteiger charge is -2.43. The molecule has 2 aliphatic rings. The maximum Gasteiger partial charge on any atom is 0.249 e. The molecule has 2 aromatic carbocycles. The molecule has 1 atom stereocenters. The van der Waals surface area contributed by atoms with E-state index in [2.05, 4.69) is 26.1 Å². The third-order valence-electron chi connectivity index (χ3n) is 7.18. The van der Waals surface area contributed by atoms with E-state index in [0.717, 1.165) is 11.1 Å². The average molecular weight is 546 g/mol. The largest absolute Gasteiger partial charge is 0.369 e. The second kappa shape index (κ2) is 10.6. The number of benzene rings is 2. The minimum Gasteiger partial charge on any atom is -0.369 e. The number of halogens is 2. The van der Waals surface area contributed by atoms with Crippen LogP contribution in [0.3, 0.4) is 0 Å². The number of hydrogen-bond acceptors (Lipinski definition) is 4. The van der Waals surface area contributed by atoms with Gasteiger partial charge < -0.3 is 16.0 Å². The van der Waals surface area contributed by atoms with Gasteiger partial charge in [-0.3, -0.25) is 19.3 Å². The smallest absolute Gasteiger partial charge is 0.249 e. The van der Waals surface area contributed by atoms with Crippen LogP contribution in [0.5, 0.6) is 0 Å². The maximum absolute atomic E-state index is 14.0. The van der Waals surface area contributed by atoms with Gasteiger partial charge in [0.2, 0.25) is 17.7 Å². The van der Waals surface area contributed by atoms with E-state index in [4.69, 9.17) is 28.9 Å². The predicted molar refractivity (Wildman–Crippen MR) is 146 cm³/mol. The lowest BCUT2D eigenvalue weighted by molar-refractivity contribution is -0.141. The van der Waals surface area contributed by atoms with Crippen molar-refractivity contribution >= 4 is 46.6 Å². The standard InChI is InChI=1S/C28H34Cl2N4O3/c1-27(2,3)17-34(16-24(35)33-11-9-19(10-12-33)25(31)36)28(15-18-5-4-6-20(29)13-18)22-8-7-21(30)14-23(22)32-26(28)37/h4-8,13-14,19H,9-12,15-17H2,1-3H3,(H2,31,36)(H,32,37). The number of carbonyl (C=O) groups is 3. The Kier molecular flexibility index (Phi) is 7.88. The van der Waals surface area contributed by atoms with E-state index in [9.17, 15) is 14.4 Å². The highest BCUT2D eigenvalue weighted by atomic mass is 35.5. The van der Waals surface area contributed by atoms with E-state index in [1.165, 1.54) is 0 Å². The molecule has 0 aromatic heterocycles. The maximum atomic E-state index is 14.0. The van der Waals surface area contributed by atoms with Crippen LogP contribution in [-0.2, 0) is 26.3 Å². The Morgan fingerprint density at radius 1 is 1.11 bits per heavy atom. The summed E-state index contributed by atoms with van der Waals surface area (Å²) in [5, 5.41) is 4.13. The minimum atomic E-state index is -1.14. The molecule has 7 nitrogen and oxygen atoms in total. The summed E-state index contributed by atoms with van der Waals surface area (Å²) in [7, 11) is 0. The number of likely N-dealkylation sites (tertiary alicyclic amines) is 1. The molecule has 0 radical (unpaired) electrons. The van der Waals surface area contributed by atoms with Crippen molar-refractivity contribution in [1.82, 2.24) is 9.80 Å². The molecule has 4 rings (SSSR count). The first-order valence-corrected chi connectivity index (χ1v) is 13.3. The summed E-state index contributed by atoms with van der Waals surface area (Å²) in [5.41, 5.74) is 6.45. The van der Waals surface area contributed by atoms with E-state index in [1.807, 2.05) is 29.2 Å². The lowest BCUT2D eigenvalue weighted by atomic mass is 9.81. The van der Waals surface area contributed by atoms with Crippen molar-refractivity contribution in [2.45, 2.75) is 45.6 Å². The third kappa shape index (κ3) is 5.95. The Hall–Kier alpha value is -2.61. The summed E-state index contributed by atoms with van der Waals surface area (Å²) >= 11 is 12.6. The van der Waals surface area contributed by atoms with Gasteiger partial charge in [-0.05, 0) is 48.1 Å². The van der Waals surface area contributed by atoms with Crippen molar-refractivity contribution in [2.24, 2.45) is 17.1 Å². The van der Waals surface area contributed by atoms with Gasteiger partial charge in [0.1, 0.15) is 5.54 Å². The first kappa shape index (κ1) is 27.4. The Balaban J connectivity index is 1.75. The molecule has 37 heavy (non-hydrogen) atoms. The second-order valence-corrected chi connectivity index (χ2v) is 12.2. The fourth-order valence-electron chi connectivity index (χ4n) is 5.45. The van der Waals surface area contributed by atoms with Crippen molar-refractivity contribution in [3.8, 4) is 0 Å². The van der Waals surface area contributed by atoms with Crippen LogP contribution in [0.25, 0.3) is 0 Å².